The van der Waals surface area contributed by atoms with Gasteiger partial charge in [0.2, 0.25) is 0 Å². The van der Waals surface area contributed by atoms with Crippen molar-refractivity contribution in [2.24, 2.45) is 21.7 Å². The van der Waals surface area contributed by atoms with Crippen LogP contribution in [-0.2, 0) is 16.5 Å². The molecule has 1 aliphatic rings. The standard InChI is InChI=1S/C11H15N7O5S/c1-18-8-4-7(15-17-11(13)20)6(14-16-10(12)19)2-5(8)3-9(18)24(21,22)23/h2,4,9,14H,3H2,1H3,(H2,13,20)(H3,12,16,19)(H,21,22,23). The monoisotopic (exact) mass is 357 g/mol. The molecule has 7 N–H and O–H groups in total. The second-order valence-electron chi connectivity index (χ2n) is 4.94. The van der Waals surface area contributed by atoms with Crippen molar-refractivity contribution in [1.82, 2.24) is 5.43 Å². The van der Waals surface area contributed by atoms with Crippen molar-refractivity contribution in [3.8, 4) is 0 Å². The highest BCUT2D eigenvalue weighted by Gasteiger charge is 2.36. The lowest BCUT2D eigenvalue weighted by molar-refractivity contribution is 0.250. The van der Waals surface area contributed by atoms with Crippen molar-refractivity contribution in [1.29, 1.82) is 0 Å². The fourth-order valence-electron chi connectivity index (χ4n) is 2.31. The average molecular weight is 357 g/mol. The van der Waals surface area contributed by atoms with Crippen molar-refractivity contribution in [2.45, 2.75) is 11.8 Å². The number of carbonyl (C=O) groups is 2. The van der Waals surface area contributed by atoms with Crippen LogP contribution < -0.4 is 27.2 Å². The minimum Gasteiger partial charge on any atom is -0.356 e. The van der Waals surface area contributed by atoms with Crippen LogP contribution in [0.25, 0.3) is 0 Å². The number of nitrogens with one attached hydrogen (secondary N) is 2. The van der Waals surface area contributed by atoms with Gasteiger partial charge in [0, 0.05) is 19.2 Å². The molecule has 0 radical (unpaired) electrons. The van der Waals surface area contributed by atoms with E-state index < -0.39 is 27.6 Å². The van der Waals surface area contributed by atoms with Crippen LogP contribution in [0, 0.1) is 0 Å². The number of benzene rings is 1. The van der Waals surface area contributed by atoms with E-state index in [0.717, 1.165) is 0 Å². The number of urea groups is 2. The number of fused-ring (bicyclic) bond motifs is 1. The first kappa shape index (κ1) is 17.4. The number of likely N-dealkylation sites (N-methyl/N-ethyl adjacent to an activating group) is 1. The van der Waals surface area contributed by atoms with Gasteiger partial charge in [0.1, 0.15) is 5.69 Å². The minimum absolute atomic E-state index is 0.0170. The van der Waals surface area contributed by atoms with Gasteiger partial charge in [-0.1, -0.05) is 5.11 Å². The number of amides is 4. The van der Waals surface area contributed by atoms with Gasteiger partial charge in [-0.3, -0.25) is 15.4 Å². The molecular formula is C11H15N7O5S. The van der Waals surface area contributed by atoms with E-state index in [2.05, 4.69) is 21.1 Å². The molecule has 2 rings (SSSR count). The average Bonchev–Trinajstić information content (AvgIpc) is 2.78. The number of azo groups is 1. The van der Waals surface area contributed by atoms with Crippen LogP contribution in [0.3, 0.4) is 0 Å². The van der Waals surface area contributed by atoms with E-state index in [1.807, 2.05) is 0 Å². The zero-order chi connectivity index (χ0) is 18.1. The van der Waals surface area contributed by atoms with Gasteiger partial charge in [-0.15, -0.1) is 5.11 Å². The lowest BCUT2D eigenvalue weighted by Gasteiger charge is -2.20. The van der Waals surface area contributed by atoms with E-state index in [0.29, 0.717) is 11.3 Å². The van der Waals surface area contributed by atoms with Gasteiger partial charge >= 0.3 is 12.1 Å². The topological polar surface area (TPSA) is 193 Å². The summed E-state index contributed by atoms with van der Waals surface area (Å²) in [5.41, 5.74) is 15.8. The molecule has 0 bridgehead atoms. The van der Waals surface area contributed by atoms with E-state index in [1.54, 1.807) is 0 Å². The maximum absolute atomic E-state index is 11.4. The number of nitrogens with two attached hydrogens (primary N) is 2. The van der Waals surface area contributed by atoms with Gasteiger partial charge in [-0.25, -0.2) is 9.59 Å². The van der Waals surface area contributed by atoms with E-state index in [-0.39, 0.29) is 17.8 Å². The van der Waals surface area contributed by atoms with Gasteiger partial charge in [-0.05, 0) is 17.7 Å². The second-order valence-corrected chi connectivity index (χ2v) is 6.51. The Hall–Kier alpha value is -2.93. The Balaban J connectivity index is 2.47. The van der Waals surface area contributed by atoms with Gasteiger partial charge in [0.25, 0.3) is 10.1 Å². The van der Waals surface area contributed by atoms with Crippen molar-refractivity contribution in [3.63, 3.8) is 0 Å². The quantitative estimate of drug-likeness (QED) is 0.285. The first-order valence-electron chi connectivity index (χ1n) is 6.48. The summed E-state index contributed by atoms with van der Waals surface area (Å²) in [4.78, 5) is 22.9. The molecule has 13 heteroatoms. The fourth-order valence-corrected chi connectivity index (χ4v) is 3.22. The summed E-state index contributed by atoms with van der Waals surface area (Å²) in [6.07, 6.45) is 0.0170. The van der Waals surface area contributed by atoms with Gasteiger partial charge in [-0.2, -0.15) is 8.42 Å². The van der Waals surface area contributed by atoms with Crippen LogP contribution in [0.15, 0.2) is 22.4 Å². The Bertz CT molecular complexity index is 822. The Morgan fingerprint density at radius 3 is 2.58 bits per heavy atom. The summed E-state index contributed by atoms with van der Waals surface area (Å²) in [7, 11) is -2.83. The highest BCUT2D eigenvalue weighted by molar-refractivity contribution is 7.86. The molecule has 1 heterocycles. The van der Waals surface area contributed by atoms with E-state index in [9.17, 15) is 22.6 Å². The summed E-state index contributed by atoms with van der Waals surface area (Å²) < 4.78 is 32.2. The van der Waals surface area contributed by atoms with Crippen LogP contribution >= 0.6 is 0 Å². The maximum Gasteiger partial charge on any atom is 0.356 e. The van der Waals surface area contributed by atoms with Crippen LogP contribution in [0.5, 0.6) is 0 Å². The number of carbonyl (C=O) groups excluding carboxylic acids is 2. The molecule has 0 aliphatic carbocycles. The summed E-state index contributed by atoms with van der Waals surface area (Å²) in [5.74, 6) is 0. The van der Waals surface area contributed by atoms with Crippen molar-refractivity contribution < 1.29 is 22.6 Å². The number of anilines is 2. The van der Waals surface area contributed by atoms with Gasteiger partial charge in [0.15, 0.2) is 5.37 Å². The van der Waals surface area contributed by atoms with Crippen molar-refractivity contribution in [3.05, 3.63) is 17.7 Å². The Morgan fingerprint density at radius 2 is 2.04 bits per heavy atom. The molecule has 130 valence electrons. The highest BCUT2D eigenvalue weighted by Crippen LogP contribution is 2.40. The lowest BCUT2D eigenvalue weighted by atomic mass is 10.1. The maximum atomic E-state index is 11.4. The normalized spacial score (nSPS) is 16.9. The molecule has 12 nitrogen and oxygen atoms in total. The van der Waals surface area contributed by atoms with E-state index >= 15 is 0 Å². The Kier molecular flexibility index (Phi) is 4.57. The number of rotatable bonds is 4. The molecule has 0 fully saturated rings. The fraction of sp³-hybridized carbons (Fsp3) is 0.273. The molecule has 24 heavy (non-hydrogen) atoms. The summed E-state index contributed by atoms with van der Waals surface area (Å²) in [6, 6.07) is 1.01. The van der Waals surface area contributed by atoms with Crippen LogP contribution in [0.1, 0.15) is 5.56 Å². The molecule has 1 atom stereocenters. The Morgan fingerprint density at radius 1 is 1.38 bits per heavy atom. The number of hydrogen-bond acceptors (Lipinski definition) is 7. The number of nitrogens with zero attached hydrogens (tertiary/aromatic N) is 3. The van der Waals surface area contributed by atoms with Gasteiger partial charge in [0.05, 0.1) is 5.69 Å². The smallest absolute Gasteiger partial charge is 0.356 e. The molecule has 1 unspecified atom stereocenters. The van der Waals surface area contributed by atoms with E-state index in [1.165, 1.54) is 24.1 Å². The Labute approximate surface area is 136 Å². The van der Waals surface area contributed by atoms with Gasteiger partial charge < -0.3 is 16.4 Å². The zero-order valence-corrected chi connectivity index (χ0v) is 13.2. The molecule has 0 saturated heterocycles. The third-order valence-corrected chi connectivity index (χ3v) is 4.49. The summed E-state index contributed by atoms with van der Waals surface area (Å²) in [5, 5.41) is 5.68. The van der Waals surface area contributed by atoms with Crippen molar-refractivity contribution >= 4 is 39.2 Å². The van der Waals surface area contributed by atoms with Crippen LogP contribution in [0.2, 0.25) is 0 Å². The minimum atomic E-state index is -4.31. The third-order valence-electron chi connectivity index (χ3n) is 3.32. The number of primary amides is 2. The molecule has 0 aromatic heterocycles. The van der Waals surface area contributed by atoms with Crippen LogP contribution in [0.4, 0.5) is 26.7 Å². The molecular weight excluding hydrogens is 342 g/mol. The highest BCUT2D eigenvalue weighted by atomic mass is 32.2. The number of hydrogen-bond donors (Lipinski definition) is 5. The molecule has 1 aromatic carbocycles. The summed E-state index contributed by atoms with van der Waals surface area (Å²) >= 11 is 0. The first-order chi connectivity index (χ1) is 11.1. The third kappa shape index (κ3) is 3.69. The van der Waals surface area contributed by atoms with E-state index in [4.69, 9.17) is 11.5 Å². The van der Waals surface area contributed by atoms with Crippen molar-refractivity contribution in [2.75, 3.05) is 17.4 Å². The second kappa shape index (κ2) is 6.29. The molecule has 1 aromatic rings. The predicted octanol–water partition coefficient (Wildman–Crippen LogP) is 0.0504. The lowest BCUT2D eigenvalue weighted by Crippen LogP contribution is -2.35. The molecule has 0 saturated carbocycles. The predicted molar refractivity (Wildman–Crippen MR) is 84.3 cm³/mol. The number of hydrazine groups is 1. The summed E-state index contributed by atoms with van der Waals surface area (Å²) in [6.45, 7) is 0. The molecule has 0 spiro atoms. The molecule has 4 amide bonds. The largest absolute Gasteiger partial charge is 0.356 e. The zero-order valence-electron chi connectivity index (χ0n) is 12.4. The molecule has 1 aliphatic heterocycles. The first-order valence-corrected chi connectivity index (χ1v) is 7.98. The SMILES string of the molecule is CN1c2cc(N=NC(N)=O)c(NNC(N)=O)cc2CC1S(=O)(=O)O. The van der Waals surface area contributed by atoms with Crippen LogP contribution in [-0.4, -0.2) is 37.5 Å².